The smallest absolute Gasteiger partial charge is 0.341 e. The summed E-state index contributed by atoms with van der Waals surface area (Å²) in [6, 6.07) is 0.343. The first-order chi connectivity index (χ1) is 15.2. The van der Waals surface area contributed by atoms with E-state index in [2.05, 4.69) is 5.32 Å². The second-order valence-corrected chi connectivity index (χ2v) is 8.62. The van der Waals surface area contributed by atoms with Crippen LogP contribution in [0.1, 0.15) is 86.0 Å². The lowest BCUT2D eigenvalue weighted by Gasteiger charge is -2.25. The fourth-order valence-electron chi connectivity index (χ4n) is 4.26. The Morgan fingerprint density at radius 2 is 1.69 bits per heavy atom. The first-order valence-electron chi connectivity index (χ1n) is 11.9. The van der Waals surface area contributed by atoms with Gasteiger partial charge in [-0.3, -0.25) is 4.79 Å². The number of aliphatic carboxylic acids is 1. The number of nitrogens with one attached hydrogen (secondary N) is 1. The first-order valence-corrected chi connectivity index (χ1v) is 11.9. The fourth-order valence-corrected chi connectivity index (χ4v) is 4.26. The van der Waals surface area contributed by atoms with Crippen LogP contribution in [0.4, 0.5) is 4.39 Å². The third-order valence-electron chi connectivity index (χ3n) is 6.24. The summed E-state index contributed by atoms with van der Waals surface area (Å²) in [6.45, 7) is 8.96. The van der Waals surface area contributed by atoms with Crippen LogP contribution in [0.5, 0.6) is 0 Å². The van der Waals surface area contributed by atoms with Gasteiger partial charge in [0.1, 0.15) is 11.4 Å². The summed E-state index contributed by atoms with van der Waals surface area (Å²) in [5.74, 6) is -2.52. The number of carbonyl (C=O) groups is 2. The van der Waals surface area contributed by atoms with Crippen LogP contribution >= 0.6 is 0 Å². The van der Waals surface area contributed by atoms with Crippen LogP contribution in [0.25, 0.3) is 0 Å². The minimum atomic E-state index is -1.32. The highest BCUT2D eigenvalue weighted by atomic mass is 19.1. The van der Waals surface area contributed by atoms with Crippen molar-refractivity contribution in [1.82, 2.24) is 10.2 Å². The largest absolute Gasteiger partial charge is 0.477 e. The molecule has 0 saturated heterocycles. The minimum Gasteiger partial charge on any atom is -0.477 e. The van der Waals surface area contributed by atoms with E-state index in [1.807, 2.05) is 13.8 Å². The Morgan fingerprint density at radius 1 is 1.12 bits per heavy atom. The zero-order chi connectivity index (χ0) is 24.3. The number of allylic oxidation sites excluding steroid dienone is 6. The van der Waals surface area contributed by atoms with Crippen LogP contribution in [0, 0.1) is 0 Å². The van der Waals surface area contributed by atoms with Gasteiger partial charge >= 0.3 is 5.97 Å². The van der Waals surface area contributed by atoms with Gasteiger partial charge in [-0.2, -0.15) is 0 Å². The molecule has 0 heterocycles. The van der Waals surface area contributed by atoms with E-state index in [1.54, 1.807) is 31.9 Å². The van der Waals surface area contributed by atoms with Crippen molar-refractivity contribution in [3.63, 3.8) is 0 Å². The number of hydrogen-bond donors (Lipinski definition) is 2. The van der Waals surface area contributed by atoms with E-state index in [0.29, 0.717) is 5.70 Å². The van der Waals surface area contributed by atoms with Gasteiger partial charge in [-0.05, 0) is 52.0 Å². The number of nitrogens with zero attached hydrogens (tertiary/aromatic N) is 1. The van der Waals surface area contributed by atoms with Crippen molar-refractivity contribution >= 4 is 11.8 Å². The van der Waals surface area contributed by atoms with Crippen LogP contribution in [-0.4, -0.2) is 40.9 Å². The average Bonchev–Trinajstić information content (AvgIpc) is 3.03. The topological polar surface area (TPSA) is 69.6 Å². The standard InChI is InChI=1S/C26H41FN2O3/c1-7-14-22(25(30)23(26(31)32)17-29(6)21(8-2)9-3)18(4)24(27)19(5)28-20-15-12-10-11-13-16-20/h7,14,17,20-21,28H,8-13,15-16H2,1-6H3,(H,31,32)/b14-7-,22-18+,23-17+,24-19-. The molecule has 5 nitrogen and oxygen atoms in total. The van der Waals surface area contributed by atoms with Gasteiger partial charge in [0.05, 0.1) is 0 Å². The Balaban J connectivity index is 3.33. The molecule has 1 saturated carbocycles. The van der Waals surface area contributed by atoms with Crippen molar-refractivity contribution in [3.05, 3.63) is 46.6 Å². The highest BCUT2D eigenvalue weighted by Gasteiger charge is 2.25. The van der Waals surface area contributed by atoms with Gasteiger partial charge in [0.2, 0.25) is 5.78 Å². The number of carboxylic acids is 1. The van der Waals surface area contributed by atoms with Crippen molar-refractivity contribution in [3.8, 4) is 0 Å². The molecule has 1 aliphatic carbocycles. The molecule has 1 aliphatic rings. The maximum absolute atomic E-state index is 15.3. The molecule has 0 aromatic carbocycles. The maximum atomic E-state index is 15.3. The van der Waals surface area contributed by atoms with Crippen molar-refractivity contribution < 1.29 is 19.1 Å². The highest BCUT2D eigenvalue weighted by molar-refractivity contribution is 6.24. The molecule has 6 heteroatoms. The number of ketones is 1. The van der Waals surface area contributed by atoms with E-state index < -0.39 is 17.6 Å². The second-order valence-electron chi connectivity index (χ2n) is 8.62. The number of carboxylic acid groups (broad SMARTS) is 1. The van der Waals surface area contributed by atoms with E-state index in [4.69, 9.17) is 0 Å². The monoisotopic (exact) mass is 448 g/mol. The third-order valence-corrected chi connectivity index (χ3v) is 6.24. The third kappa shape index (κ3) is 7.95. The summed E-state index contributed by atoms with van der Waals surface area (Å²) in [5, 5.41) is 13.0. The molecule has 0 amide bonds. The fraction of sp³-hybridized carbons (Fsp3) is 0.615. The van der Waals surface area contributed by atoms with E-state index in [9.17, 15) is 14.7 Å². The number of rotatable bonds is 11. The van der Waals surface area contributed by atoms with Crippen molar-refractivity contribution in [1.29, 1.82) is 0 Å². The first kappa shape index (κ1) is 27.7. The number of Topliss-reactive ketones (excluding diaryl/α,β-unsaturated/α-hetero) is 1. The maximum Gasteiger partial charge on any atom is 0.341 e. The molecule has 0 unspecified atom stereocenters. The molecular weight excluding hydrogens is 407 g/mol. The Morgan fingerprint density at radius 3 is 2.16 bits per heavy atom. The predicted octanol–water partition coefficient (Wildman–Crippen LogP) is 6.05. The molecule has 32 heavy (non-hydrogen) atoms. The van der Waals surface area contributed by atoms with Crippen LogP contribution in [0.3, 0.4) is 0 Å². The molecule has 1 fully saturated rings. The zero-order valence-electron chi connectivity index (χ0n) is 20.6. The average molecular weight is 449 g/mol. The van der Waals surface area contributed by atoms with Crippen LogP contribution in [0.2, 0.25) is 0 Å². The molecule has 0 bridgehead atoms. The summed E-state index contributed by atoms with van der Waals surface area (Å²) in [5.41, 5.74) is 0.218. The quantitative estimate of drug-likeness (QED) is 0.132. The molecule has 0 aliphatic heterocycles. The number of halogens is 1. The molecule has 0 radical (unpaired) electrons. The normalized spacial score (nSPS) is 17.7. The SMILES string of the molecule is C\C=C/C(C(=O)/C(=C\N(C)C(CC)CC)C(=O)O)=C(C)\C(F)=C(/C)NC1CCCCCC1. The number of hydrogen-bond acceptors (Lipinski definition) is 4. The molecule has 0 aromatic heterocycles. The molecule has 2 N–H and O–H groups in total. The van der Waals surface area contributed by atoms with Gasteiger partial charge in [0.15, 0.2) is 0 Å². The van der Waals surface area contributed by atoms with Crippen molar-refractivity contribution in [2.45, 2.75) is 98.1 Å². The van der Waals surface area contributed by atoms with Crippen LogP contribution in [0.15, 0.2) is 46.6 Å². The van der Waals surface area contributed by atoms with E-state index in [1.165, 1.54) is 32.0 Å². The Hall–Kier alpha value is -2.37. The lowest BCUT2D eigenvalue weighted by molar-refractivity contribution is -0.134. The van der Waals surface area contributed by atoms with Crippen LogP contribution < -0.4 is 5.32 Å². The molecular formula is C26H41FN2O3. The van der Waals surface area contributed by atoms with Gasteiger partial charge in [-0.25, -0.2) is 9.18 Å². The summed E-state index contributed by atoms with van der Waals surface area (Å²) in [4.78, 5) is 26.9. The minimum absolute atomic E-state index is 0.0543. The van der Waals surface area contributed by atoms with Gasteiger partial charge in [-0.1, -0.05) is 51.7 Å². The van der Waals surface area contributed by atoms with Gasteiger partial charge < -0.3 is 15.3 Å². The Kier molecular flexibility index (Phi) is 12.0. The Labute approximate surface area is 193 Å². The zero-order valence-corrected chi connectivity index (χ0v) is 20.6. The van der Waals surface area contributed by atoms with Gasteiger partial charge in [-0.15, -0.1) is 0 Å². The van der Waals surface area contributed by atoms with E-state index in [-0.39, 0.29) is 28.8 Å². The summed E-state index contributed by atoms with van der Waals surface area (Å²) in [7, 11) is 1.76. The molecule has 0 atom stereocenters. The summed E-state index contributed by atoms with van der Waals surface area (Å²) >= 11 is 0. The molecule has 0 aromatic rings. The van der Waals surface area contributed by atoms with Crippen LogP contribution in [-0.2, 0) is 9.59 Å². The van der Waals surface area contributed by atoms with Crippen molar-refractivity contribution in [2.24, 2.45) is 0 Å². The highest BCUT2D eigenvalue weighted by Crippen LogP contribution is 2.25. The lowest BCUT2D eigenvalue weighted by atomic mass is 9.97. The van der Waals surface area contributed by atoms with Crippen molar-refractivity contribution in [2.75, 3.05) is 7.05 Å². The molecule has 0 spiro atoms. The van der Waals surface area contributed by atoms with E-state index >= 15 is 4.39 Å². The second kappa shape index (κ2) is 13.9. The predicted molar refractivity (Wildman–Crippen MR) is 129 cm³/mol. The van der Waals surface area contributed by atoms with Gasteiger partial charge in [0, 0.05) is 36.6 Å². The lowest BCUT2D eigenvalue weighted by Crippen LogP contribution is -2.28. The molecule has 180 valence electrons. The Bertz CT molecular complexity index is 768. The molecule has 1 rings (SSSR count). The summed E-state index contributed by atoms with van der Waals surface area (Å²) in [6.07, 6.45) is 12.8. The van der Waals surface area contributed by atoms with E-state index in [0.717, 1.165) is 38.5 Å². The number of carbonyl (C=O) groups excluding carboxylic acids is 1. The summed E-state index contributed by atoms with van der Waals surface area (Å²) < 4.78 is 15.3. The van der Waals surface area contributed by atoms with Gasteiger partial charge in [0.25, 0.3) is 0 Å².